The van der Waals surface area contributed by atoms with Crippen molar-refractivity contribution >= 4 is 11.9 Å². The minimum Gasteiger partial charge on any atom is -0.462 e. The molecule has 0 radical (unpaired) electrons. The number of carbonyl (C=O) groups excluding carboxylic acids is 2. The van der Waals surface area contributed by atoms with Crippen LogP contribution in [0.25, 0.3) is 0 Å². The summed E-state index contributed by atoms with van der Waals surface area (Å²) < 4.78 is 23.3. The average molecular weight is 280 g/mol. The average Bonchev–Trinajstić information content (AvgIpc) is 2.92. The molecule has 0 amide bonds. The Morgan fingerprint density at radius 3 is 2.45 bits per heavy atom. The lowest BCUT2D eigenvalue weighted by Crippen LogP contribution is -2.17. The molecule has 1 aliphatic rings. The molecule has 5 heteroatoms. The molecule has 1 fully saturated rings. The summed E-state index contributed by atoms with van der Waals surface area (Å²) in [6, 6.07) is 5.65. The molecule has 1 saturated carbocycles. The summed E-state index contributed by atoms with van der Waals surface area (Å²) in [5.74, 6) is -1.77. The van der Waals surface area contributed by atoms with Gasteiger partial charge < -0.3 is 9.47 Å². The molecule has 0 saturated heterocycles. The van der Waals surface area contributed by atoms with Crippen molar-refractivity contribution in [1.29, 1.82) is 0 Å². The van der Waals surface area contributed by atoms with Gasteiger partial charge in [-0.1, -0.05) is 12.1 Å². The molecule has 1 aromatic carbocycles. The summed E-state index contributed by atoms with van der Waals surface area (Å²) in [5.41, 5.74) is 0. The fourth-order valence-corrected chi connectivity index (χ4v) is 2.16. The van der Waals surface area contributed by atoms with Gasteiger partial charge in [0.15, 0.2) is 11.6 Å². The van der Waals surface area contributed by atoms with E-state index in [0.717, 1.165) is 25.7 Å². The van der Waals surface area contributed by atoms with Gasteiger partial charge in [-0.25, -0.2) is 4.39 Å². The van der Waals surface area contributed by atoms with Crippen LogP contribution >= 0.6 is 0 Å². The minimum atomic E-state index is -0.640. The summed E-state index contributed by atoms with van der Waals surface area (Å²) >= 11 is 0. The monoisotopic (exact) mass is 280 g/mol. The van der Waals surface area contributed by atoms with Crippen LogP contribution in [0, 0.1) is 5.82 Å². The van der Waals surface area contributed by atoms with Crippen molar-refractivity contribution in [3.05, 3.63) is 30.1 Å². The van der Waals surface area contributed by atoms with Gasteiger partial charge >= 0.3 is 11.9 Å². The van der Waals surface area contributed by atoms with E-state index in [4.69, 9.17) is 9.47 Å². The molecule has 0 heterocycles. The maximum absolute atomic E-state index is 13.3. The van der Waals surface area contributed by atoms with Crippen molar-refractivity contribution in [1.82, 2.24) is 0 Å². The molecular weight excluding hydrogens is 263 g/mol. The number of carbonyl (C=O) groups is 2. The normalized spacial score (nSPS) is 15.1. The first-order chi connectivity index (χ1) is 9.65. The first kappa shape index (κ1) is 14.5. The molecule has 0 atom stereocenters. The van der Waals surface area contributed by atoms with Crippen molar-refractivity contribution in [2.24, 2.45) is 0 Å². The van der Waals surface area contributed by atoms with E-state index < -0.39 is 17.8 Å². The largest absolute Gasteiger partial charge is 0.462 e. The van der Waals surface area contributed by atoms with Crippen molar-refractivity contribution in [3.63, 3.8) is 0 Å². The highest BCUT2D eigenvalue weighted by Crippen LogP contribution is 2.21. The smallest absolute Gasteiger partial charge is 0.311 e. The van der Waals surface area contributed by atoms with E-state index in [-0.39, 0.29) is 24.7 Å². The van der Waals surface area contributed by atoms with E-state index in [2.05, 4.69) is 0 Å². The topological polar surface area (TPSA) is 52.6 Å². The Morgan fingerprint density at radius 2 is 1.75 bits per heavy atom. The Kier molecular flexibility index (Phi) is 5.09. The molecule has 108 valence electrons. The van der Waals surface area contributed by atoms with Crippen LogP contribution in [0.2, 0.25) is 0 Å². The second kappa shape index (κ2) is 7.03. The van der Waals surface area contributed by atoms with E-state index in [9.17, 15) is 14.0 Å². The third-order valence-electron chi connectivity index (χ3n) is 3.19. The molecule has 0 N–H and O–H groups in total. The minimum absolute atomic E-state index is 0.00918. The molecular formula is C15H17FO4. The Bertz CT molecular complexity index is 481. The first-order valence-corrected chi connectivity index (χ1v) is 6.80. The first-order valence-electron chi connectivity index (χ1n) is 6.80. The van der Waals surface area contributed by atoms with Crippen LogP contribution in [-0.4, -0.2) is 18.0 Å². The zero-order chi connectivity index (χ0) is 14.4. The molecule has 0 aromatic heterocycles. The van der Waals surface area contributed by atoms with Crippen LogP contribution in [0.5, 0.6) is 5.75 Å². The predicted octanol–water partition coefficient (Wildman–Crippen LogP) is 3.00. The third-order valence-corrected chi connectivity index (χ3v) is 3.19. The van der Waals surface area contributed by atoms with Gasteiger partial charge in [0.2, 0.25) is 0 Å². The quantitative estimate of drug-likeness (QED) is 0.614. The lowest BCUT2D eigenvalue weighted by molar-refractivity contribution is -0.151. The molecule has 20 heavy (non-hydrogen) atoms. The second-order valence-electron chi connectivity index (χ2n) is 4.80. The fourth-order valence-electron chi connectivity index (χ4n) is 2.16. The number of para-hydroxylation sites is 1. The van der Waals surface area contributed by atoms with Crippen LogP contribution in [0.1, 0.15) is 38.5 Å². The van der Waals surface area contributed by atoms with E-state index in [0.29, 0.717) is 0 Å². The number of halogens is 1. The van der Waals surface area contributed by atoms with Crippen LogP contribution in [0.15, 0.2) is 24.3 Å². The molecule has 0 aliphatic heterocycles. The number of hydrogen-bond acceptors (Lipinski definition) is 4. The van der Waals surface area contributed by atoms with Crippen LogP contribution in [0.4, 0.5) is 4.39 Å². The van der Waals surface area contributed by atoms with Gasteiger partial charge in [-0.05, 0) is 37.8 Å². The Balaban J connectivity index is 1.72. The molecule has 1 aliphatic carbocycles. The second-order valence-corrected chi connectivity index (χ2v) is 4.80. The maximum atomic E-state index is 13.3. The Hall–Kier alpha value is -1.91. The SMILES string of the molecule is O=C(CCC(=O)OC1CCCC1)Oc1ccccc1F. The predicted molar refractivity (Wildman–Crippen MR) is 69.6 cm³/mol. The van der Waals surface area contributed by atoms with E-state index in [1.165, 1.54) is 18.2 Å². The van der Waals surface area contributed by atoms with Gasteiger partial charge in [-0.3, -0.25) is 9.59 Å². The summed E-state index contributed by atoms with van der Waals surface area (Å²) in [7, 11) is 0. The highest BCUT2D eigenvalue weighted by molar-refractivity contribution is 5.79. The summed E-state index contributed by atoms with van der Waals surface area (Å²) in [6.45, 7) is 0. The zero-order valence-electron chi connectivity index (χ0n) is 11.1. The number of benzene rings is 1. The van der Waals surface area contributed by atoms with Crippen molar-refractivity contribution < 1.29 is 23.5 Å². The standard InChI is InChI=1S/C15H17FO4/c16-12-7-3-4-8-13(12)20-15(18)10-9-14(17)19-11-5-1-2-6-11/h3-4,7-8,11H,1-2,5-6,9-10H2. The number of esters is 2. The molecule has 0 spiro atoms. The molecule has 1 aromatic rings. The van der Waals surface area contributed by atoms with Crippen LogP contribution < -0.4 is 4.74 Å². The van der Waals surface area contributed by atoms with Gasteiger partial charge in [0.05, 0.1) is 12.8 Å². The molecule has 0 bridgehead atoms. The van der Waals surface area contributed by atoms with E-state index >= 15 is 0 Å². The Morgan fingerprint density at radius 1 is 1.10 bits per heavy atom. The van der Waals surface area contributed by atoms with Crippen molar-refractivity contribution in [3.8, 4) is 5.75 Å². The number of rotatable bonds is 5. The highest BCUT2D eigenvalue weighted by atomic mass is 19.1. The third kappa shape index (κ3) is 4.33. The van der Waals surface area contributed by atoms with Gasteiger partial charge in [0, 0.05) is 0 Å². The maximum Gasteiger partial charge on any atom is 0.311 e. The van der Waals surface area contributed by atoms with Crippen molar-refractivity contribution in [2.45, 2.75) is 44.6 Å². The number of ether oxygens (including phenoxy) is 2. The van der Waals surface area contributed by atoms with Gasteiger partial charge in [0.25, 0.3) is 0 Å². The summed E-state index contributed by atoms with van der Waals surface area (Å²) in [4.78, 5) is 23.0. The van der Waals surface area contributed by atoms with Crippen molar-refractivity contribution in [2.75, 3.05) is 0 Å². The van der Waals surface area contributed by atoms with Crippen LogP contribution in [-0.2, 0) is 14.3 Å². The zero-order valence-corrected chi connectivity index (χ0v) is 11.1. The fraction of sp³-hybridized carbons (Fsp3) is 0.467. The summed E-state index contributed by atoms with van der Waals surface area (Å²) in [6.07, 6.45) is 3.78. The lowest BCUT2D eigenvalue weighted by Gasteiger charge is -2.11. The highest BCUT2D eigenvalue weighted by Gasteiger charge is 2.20. The van der Waals surface area contributed by atoms with E-state index in [1.54, 1.807) is 6.07 Å². The van der Waals surface area contributed by atoms with Crippen LogP contribution in [0.3, 0.4) is 0 Å². The van der Waals surface area contributed by atoms with Gasteiger partial charge in [-0.2, -0.15) is 0 Å². The Labute approximate surface area is 116 Å². The molecule has 4 nitrogen and oxygen atoms in total. The molecule has 0 unspecified atom stereocenters. The van der Waals surface area contributed by atoms with Gasteiger partial charge in [0.1, 0.15) is 6.10 Å². The summed E-state index contributed by atoms with van der Waals surface area (Å²) in [5, 5.41) is 0. The van der Waals surface area contributed by atoms with E-state index in [1.807, 2.05) is 0 Å². The van der Waals surface area contributed by atoms with Gasteiger partial charge in [-0.15, -0.1) is 0 Å². The molecule has 2 rings (SSSR count). The number of hydrogen-bond donors (Lipinski definition) is 0. The lowest BCUT2D eigenvalue weighted by atomic mass is 10.3.